The molecule has 1 fully saturated rings. The third kappa shape index (κ3) is 5.08. The summed E-state index contributed by atoms with van der Waals surface area (Å²) in [6, 6.07) is 11.5. The fourth-order valence-corrected chi connectivity index (χ4v) is 6.08. The zero-order valence-corrected chi connectivity index (χ0v) is 20.9. The fourth-order valence-electron chi connectivity index (χ4n) is 3.77. The number of piperidine rings is 1. The quantitative estimate of drug-likeness (QED) is 0.512. The molecule has 0 unspecified atom stereocenters. The van der Waals surface area contributed by atoms with E-state index in [2.05, 4.69) is 17.2 Å². The summed E-state index contributed by atoms with van der Waals surface area (Å²) in [4.78, 5) is 17.3. The SMILES string of the molecule is COc1ccc(OC)c(-c2ncc(NC(=O)c3ccc(S(=O)(=O)N4CCC(C)CC4)cc3)s2)c1. The van der Waals surface area contributed by atoms with Crippen LogP contribution in [0.1, 0.15) is 30.1 Å². The molecule has 2 heterocycles. The van der Waals surface area contributed by atoms with Gasteiger partial charge in [0.05, 0.1) is 30.9 Å². The van der Waals surface area contributed by atoms with Crippen molar-refractivity contribution in [2.24, 2.45) is 5.92 Å². The second-order valence-corrected chi connectivity index (χ2v) is 11.1. The minimum Gasteiger partial charge on any atom is -0.497 e. The molecule has 0 saturated carbocycles. The van der Waals surface area contributed by atoms with E-state index in [-0.39, 0.29) is 10.8 Å². The lowest BCUT2D eigenvalue weighted by molar-refractivity contribution is 0.102. The maximum atomic E-state index is 12.9. The van der Waals surface area contributed by atoms with Crippen LogP contribution in [0, 0.1) is 5.92 Å². The number of benzene rings is 2. The predicted octanol–water partition coefficient (Wildman–Crippen LogP) is 4.50. The minimum absolute atomic E-state index is 0.198. The molecule has 34 heavy (non-hydrogen) atoms. The van der Waals surface area contributed by atoms with Crippen molar-refractivity contribution >= 4 is 32.3 Å². The first kappa shape index (κ1) is 24.2. The van der Waals surface area contributed by atoms with E-state index < -0.39 is 10.0 Å². The number of ether oxygens (including phenoxy) is 2. The van der Waals surface area contributed by atoms with Gasteiger partial charge in [0.1, 0.15) is 21.5 Å². The van der Waals surface area contributed by atoms with Gasteiger partial charge < -0.3 is 14.8 Å². The number of nitrogens with one attached hydrogen (secondary N) is 1. The molecule has 8 nitrogen and oxygen atoms in total. The highest BCUT2D eigenvalue weighted by Gasteiger charge is 2.28. The second-order valence-electron chi connectivity index (χ2n) is 8.16. The van der Waals surface area contributed by atoms with Crippen LogP contribution in [0.25, 0.3) is 10.6 Å². The number of methoxy groups -OCH3 is 2. The molecule has 0 spiro atoms. The molecule has 10 heteroatoms. The molecule has 1 aromatic heterocycles. The topological polar surface area (TPSA) is 97.8 Å². The molecule has 1 aliphatic rings. The molecular weight excluding hydrogens is 474 g/mol. The van der Waals surface area contributed by atoms with Gasteiger partial charge in [-0.3, -0.25) is 4.79 Å². The van der Waals surface area contributed by atoms with Gasteiger partial charge >= 0.3 is 0 Å². The predicted molar refractivity (Wildman–Crippen MR) is 132 cm³/mol. The van der Waals surface area contributed by atoms with Crippen LogP contribution in [0.2, 0.25) is 0 Å². The Morgan fingerprint density at radius 1 is 1.09 bits per heavy atom. The largest absolute Gasteiger partial charge is 0.497 e. The Hall–Kier alpha value is -2.95. The number of sulfonamides is 1. The molecule has 0 aliphatic carbocycles. The zero-order chi connectivity index (χ0) is 24.3. The number of anilines is 1. The van der Waals surface area contributed by atoms with Crippen molar-refractivity contribution in [3.8, 4) is 22.1 Å². The summed E-state index contributed by atoms with van der Waals surface area (Å²) in [5.74, 6) is 1.51. The Morgan fingerprint density at radius 3 is 2.44 bits per heavy atom. The van der Waals surface area contributed by atoms with Crippen LogP contribution in [0.5, 0.6) is 11.5 Å². The van der Waals surface area contributed by atoms with E-state index in [4.69, 9.17) is 9.47 Å². The Morgan fingerprint density at radius 2 is 1.79 bits per heavy atom. The first-order chi connectivity index (χ1) is 16.3. The van der Waals surface area contributed by atoms with Gasteiger partial charge in [0, 0.05) is 18.7 Å². The Balaban J connectivity index is 1.47. The van der Waals surface area contributed by atoms with E-state index in [0.717, 1.165) is 18.4 Å². The number of nitrogens with zero attached hydrogens (tertiary/aromatic N) is 2. The first-order valence-corrected chi connectivity index (χ1v) is 13.2. The van der Waals surface area contributed by atoms with Gasteiger partial charge in [-0.1, -0.05) is 18.3 Å². The van der Waals surface area contributed by atoms with Crippen LogP contribution in [0.15, 0.2) is 53.6 Å². The number of amides is 1. The van der Waals surface area contributed by atoms with Crippen LogP contribution in [0.3, 0.4) is 0 Å². The Bertz CT molecular complexity index is 1260. The first-order valence-electron chi connectivity index (χ1n) is 10.9. The second kappa shape index (κ2) is 10.1. The lowest BCUT2D eigenvalue weighted by Gasteiger charge is -2.29. The van der Waals surface area contributed by atoms with Crippen LogP contribution in [0.4, 0.5) is 5.00 Å². The smallest absolute Gasteiger partial charge is 0.256 e. The van der Waals surface area contributed by atoms with Crippen molar-refractivity contribution in [2.75, 3.05) is 32.6 Å². The van der Waals surface area contributed by atoms with Gasteiger partial charge in [0.15, 0.2) is 0 Å². The number of carbonyl (C=O) groups is 1. The molecule has 0 bridgehead atoms. The van der Waals surface area contributed by atoms with E-state index in [9.17, 15) is 13.2 Å². The monoisotopic (exact) mass is 501 g/mol. The van der Waals surface area contributed by atoms with Gasteiger partial charge in [-0.25, -0.2) is 13.4 Å². The number of thiazole rings is 1. The molecule has 180 valence electrons. The van der Waals surface area contributed by atoms with Crippen molar-refractivity contribution in [1.29, 1.82) is 0 Å². The van der Waals surface area contributed by atoms with Gasteiger partial charge in [-0.05, 0) is 61.2 Å². The van der Waals surface area contributed by atoms with Crippen LogP contribution in [-0.2, 0) is 10.0 Å². The summed E-state index contributed by atoms with van der Waals surface area (Å²) in [7, 11) is -0.388. The lowest BCUT2D eigenvalue weighted by atomic mass is 10.0. The van der Waals surface area contributed by atoms with E-state index in [1.807, 2.05) is 6.07 Å². The molecule has 0 atom stereocenters. The van der Waals surface area contributed by atoms with Crippen LogP contribution < -0.4 is 14.8 Å². The van der Waals surface area contributed by atoms with Gasteiger partial charge in [0.25, 0.3) is 5.91 Å². The van der Waals surface area contributed by atoms with E-state index >= 15 is 0 Å². The van der Waals surface area contributed by atoms with Gasteiger partial charge in [-0.2, -0.15) is 4.31 Å². The number of carbonyl (C=O) groups excluding carboxylic acids is 1. The molecule has 1 amide bonds. The number of rotatable bonds is 7. The van der Waals surface area contributed by atoms with E-state index in [1.54, 1.807) is 32.5 Å². The van der Waals surface area contributed by atoms with Gasteiger partial charge in [-0.15, -0.1) is 0 Å². The Labute approximate surface area is 203 Å². The average molecular weight is 502 g/mol. The fraction of sp³-hybridized carbons (Fsp3) is 0.333. The summed E-state index contributed by atoms with van der Waals surface area (Å²) in [6.07, 6.45) is 3.30. The summed E-state index contributed by atoms with van der Waals surface area (Å²) < 4.78 is 38.0. The van der Waals surface area contributed by atoms with Crippen molar-refractivity contribution in [2.45, 2.75) is 24.7 Å². The van der Waals surface area contributed by atoms with Crippen molar-refractivity contribution in [1.82, 2.24) is 9.29 Å². The van der Waals surface area contributed by atoms with Crippen LogP contribution >= 0.6 is 11.3 Å². The van der Waals surface area contributed by atoms with E-state index in [0.29, 0.717) is 46.1 Å². The van der Waals surface area contributed by atoms with Crippen molar-refractivity contribution < 1.29 is 22.7 Å². The third-order valence-electron chi connectivity index (χ3n) is 5.88. The number of hydrogen-bond acceptors (Lipinski definition) is 7. The Kier molecular flexibility index (Phi) is 7.20. The van der Waals surface area contributed by atoms with Gasteiger partial charge in [0.2, 0.25) is 10.0 Å². The normalized spacial score (nSPS) is 15.1. The minimum atomic E-state index is -3.55. The highest BCUT2D eigenvalue weighted by molar-refractivity contribution is 7.89. The zero-order valence-electron chi connectivity index (χ0n) is 19.3. The third-order valence-corrected chi connectivity index (χ3v) is 8.74. The molecule has 2 aromatic carbocycles. The summed E-state index contributed by atoms with van der Waals surface area (Å²) in [5, 5.41) is 4.06. The standard InChI is InChI=1S/C24H27N3O5S2/c1-16-10-12-27(13-11-16)34(29,30)19-7-4-17(5-8-19)23(28)26-22-15-25-24(33-22)20-14-18(31-2)6-9-21(20)32-3/h4-9,14-16H,10-13H2,1-3H3,(H,26,28). The maximum Gasteiger partial charge on any atom is 0.256 e. The molecular formula is C24H27N3O5S2. The number of aromatic nitrogens is 1. The molecule has 0 radical (unpaired) electrons. The molecule has 1 aliphatic heterocycles. The maximum absolute atomic E-state index is 12.9. The summed E-state index contributed by atoms with van der Waals surface area (Å²) in [6.45, 7) is 3.19. The van der Waals surface area contributed by atoms with Crippen LogP contribution in [-0.4, -0.2) is 50.9 Å². The highest BCUT2D eigenvalue weighted by atomic mass is 32.2. The number of hydrogen-bond donors (Lipinski definition) is 1. The molecule has 3 aromatic rings. The molecule has 1 saturated heterocycles. The lowest BCUT2D eigenvalue weighted by Crippen LogP contribution is -2.37. The molecule has 4 rings (SSSR count). The average Bonchev–Trinajstić information content (AvgIpc) is 3.32. The summed E-state index contributed by atoms with van der Waals surface area (Å²) in [5.41, 5.74) is 1.12. The van der Waals surface area contributed by atoms with Crippen molar-refractivity contribution in [3.63, 3.8) is 0 Å². The summed E-state index contributed by atoms with van der Waals surface area (Å²) >= 11 is 1.30. The van der Waals surface area contributed by atoms with Crippen molar-refractivity contribution in [3.05, 3.63) is 54.2 Å². The van der Waals surface area contributed by atoms with E-state index in [1.165, 1.54) is 39.9 Å². The highest BCUT2D eigenvalue weighted by Crippen LogP contribution is 2.37. The molecule has 1 N–H and O–H groups in total.